The molecule has 1 saturated carbocycles. The number of fused-ring (bicyclic) bond motifs is 1. The van der Waals surface area contributed by atoms with E-state index in [2.05, 4.69) is 34.0 Å². The van der Waals surface area contributed by atoms with Crippen molar-refractivity contribution >= 4 is 16.8 Å². The number of nitrogens with zero attached hydrogens (tertiary/aromatic N) is 1. The lowest BCUT2D eigenvalue weighted by Gasteiger charge is -2.11. The minimum atomic E-state index is 0.665. The molecule has 0 saturated heterocycles. The molecule has 0 atom stereocenters. The van der Waals surface area contributed by atoms with E-state index in [9.17, 15) is 0 Å². The number of oxazole rings is 1. The molecule has 2 N–H and O–H groups in total. The van der Waals surface area contributed by atoms with Crippen molar-refractivity contribution in [2.75, 3.05) is 12.5 Å². The Morgan fingerprint density at radius 3 is 2.76 bits per heavy atom. The fourth-order valence-corrected chi connectivity index (χ4v) is 2.68. The van der Waals surface area contributed by atoms with Gasteiger partial charge < -0.3 is 9.84 Å². The lowest BCUT2D eigenvalue weighted by Crippen LogP contribution is -2.16. The second-order valence-corrected chi connectivity index (χ2v) is 5.44. The molecular formula is C17H17N3O. The minimum Gasteiger partial charge on any atom is -0.436 e. The molecule has 4 rings (SSSR count). The van der Waals surface area contributed by atoms with Crippen LogP contribution in [0, 0.1) is 0 Å². The van der Waals surface area contributed by atoms with E-state index >= 15 is 0 Å². The van der Waals surface area contributed by atoms with Gasteiger partial charge in [0.15, 0.2) is 5.58 Å². The molecule has 4 nitrogen and oxygen atoms in total. The fraction of sp³-hybridized carbons (Fsp3) is 0.235. The van der Waals surface area contributed by atoms with Gasteiger partial charge in [-0.2, -0.15) is 0 Å². The summed E-state index contributed by atoms with van der Waals surface area (Å²) < 4.78 is 5.84. The first-order valence-electron chi connectivity index (χ1n) is 7.28. The van der Waals surface area contributed by atoms with Gasteiger partial charge in [0, 0.05) is 12.6 Å². The summed E-state index contributed by atoms with van der Waals surface area (Å²) in [5.74, 6) is 1.36. The average molecular weight is 279 g/mol. The molecule has 0 amide bonds. The van der Waals surface area contributed by atoms with Crippen LogP contribution in [0.5, 0.6) is 0 Å². The number of benzene rings is 2. The van der Waals surface area contributed by atoms with Gasteiger partial charge in [0.1, 0.15) is 5.52 Å². The van der Waals surface area contributed by atoms with Crippen LogP contribution in [0.25, 0.3) is 22.6 Å². The van der Waals surface area contributed by atoms with Crippen LogP contribution in [0.2, 0.25) is 0 Å². The number of aromatic nitrogens is 1. The fourth-order valence-electron chi connectivity index (χ4n) is 2.68. The maximum Gasteiger partial charge on any atom is 0.227 e. The normalized spacial score (nSPS) is 14.5. The number of hydrazine groups is 1. The minimum absolute atomic E-state index is 0.665. The van der Waals surface area contributed by atoms with Crippen LogP contribution in [0.4, 0.5) is 5.69 Å². The summed E-state index contributed by atoms with van der Waals surface area (Å²) in [7, 11) is 1.88. The van der Waals surface area contributed by atoms with Gasteiger partial charge in [-0.25, -0.2) is 10.4 Å². The van der Waals surface area contributed by atoms with Crippen molar-refractivity contribution in [3.8, 4) is 11.5 Å². The molecule has 4 heteroatoms. The number of hydrogen-bond donors (Lipinski definition) is 2. The quantitative estimate of drug-likeness (QED) is 0.711. The molecule has 0 aliphatic heterocycles. The van der Waals surface area contributed by atoms with Crippen molar-refractivity contribution < 1.29 is 4.42 Å². The number of hydrogen-bond acceptors (Lipinski definition) is 4. The Kier molecular flexibility index (Phi) is 2.89. The van der Waals surface area contributed by atoms with Gasteiger partial charge in [0.25, 0.3) is 0 Å². The molecule has 1 fully saturated rings. The van der Waals surface area contributed by atoms with Crippen LogP contribution in [-0.2, 0) is 0 Å². The lowest BCUT2D eigenvalue weighted by molar-refractivity contribution is 0.620. The molecule has 1 aliphatic rings. The molecule has 0 bridgehead atoms. The van der Waals surface area contributed by atoms with Crippen LogP contribution in [-0.4, -0.2) is 12.0 Å². The van der Waals surface area contributed by atoms with Gasteiger partial charge in [-0.05, 0) is 48.6 Å². The highest BCUT2D eigenvalue weighted by molar-refractivity contribution is 5.77. The molecule has 106 valence electrons. The van der Waals surface area contributed by atoms with Crippen LogP contribution in [0.3, 0.4) is 0 Å². The summed E-state index contributed by atoms with van der Waals surface area (Å²) in [5, 5.41) is 0. The van der Waals surface area contributed by atoms with Crippen molar-refractivity contribution in [3.63, 3.8) is 0 Å². The summed E-state index contributed by atoms with van der Waals surface area (Å²) in [6.07, 6.45) is 2.56. The maximum absolute atomic E-state index is 5.84. The maximum atomic E-state index is 5.84. The SMILES string of the molecule is CNNc1cc(-c2nc3ccccc3o2)ccc1C1CC1. The molecule has 0 unspecified atom stereocenters. The summed E-state index contributed by atoms with van der Waals surface area (Å²) in [6.45, 7) is 0. The Hall–Kier alpha value is -2.33. The molecule has 0 spiro atoms. The molecular weight excluding hydrogens is 262 g/mol. The van der Waals surface area contributed by atoms with Crippen LogP contribution < -0.4 is 10.9 Å². The van der Waals surface area contributed by atoms with E-state index in [1.807, 2.05) is 31.3 Å². The van der Waals surface area contributed by atoms with Gasteiger partial charge in [0.05, 0.1) is 5.69 Å². The Morgan fingerprint density at radius 2 is 2.00 bits per heavy atom. The van der Waals surface area contributed by atoms with Gasteiger partial charge >= 0.3 is 0 Å². The first kappa shape index (κ1) is 12.4. The van der Waals surface area contributed by atoms with Gasteiger partial charge in [-0.3, -0.25) is 0 Å². The third-order valence-corrected chi connectivity index (χ3v) is 3.87. The Morgan fingerprint density at radius 1 is 1.14 bits per heavy atom. The van der Waals surface area contributed by atoms with Gasteiger partial charge in [0.2, 0.25) is 5.89 Å². The average Bonchev–Trinajstić information content (AvgIpc) is 3.25. The van der Waals surface area contributed by atoms with Crippen molar-refractivity contribution in [2.45, 2.75) is 18.8 Å². The van der Waals surface area contributed by atoms with Crippen LogP contribution >= 0.6 is 0 Å². The molecule has 1 heterocycles. The summed E-state index contributed by atoms with van der Waals surface area (Å²) >= 11 is 0. The van der Waals surface area contributed by atoms with E-state index in [1.165, 1.54) is 18.4 Å². The summed E-state index contributed by atoms with van der Waals surface area (Å²) in [5.41, 5.74) is 11.4. The van der Waals surface area contributed by atoms with E-state index in [1.54, 1.807) is 0 Å². The highest BCUT2D eigenvalue weighted by Crippen LogP contribution is 2.44. The number of nitrogens with one attached hydrogen (secondary N) is 2. The largest absolute Gasteiger partial charge is 0.436 e. The molecule has 2 aromatic carbocycles. The first-order chi connectivity index (χ1) is 10.3. The second kappa shape index (κ2) is 4.90. The van der Waals surface area contributed by atoms with E-state index < -0.39 is 0 Å². The van der Waals surface area contributed by atoms with Crippen molar-refractivity contribution in [2.24, 2.45) is 0 Å². The highest BCUT2D eigenvalue weighted by atomic mass is 16.3. The lowest BCUT2D eigenvalue weighted by atomic mass is 10.1. The zero-order valence-corrected chi connectivity index (χ0v) is 11.9. The molecule has 1 aliphatic carbocycles. The van der Waals surface area contributed by atoms with Crippen LogP contribution in [0.15, 0.2) is 46.9 Å². The third-order valence-electron chi connectivity index (χ3n) is 3.87. The topological polar surface area (TPSA) is 50.1 Å². The summed E-state index contributed by atoms with van der Waals surface area (Å²) in [4.78, 5) is 4.56. The van der Waals surface area contributed by atoms with Crippen molar-refractivity contribution in [3.05, 3.63) is 48.0 Å². The van der Waals surface area contributed by atoms with Gasteiger partial charge in [-0.1, -0.05) is 18.2 Å². The zero-order chi connectivity index (χ0) is 14.2. The Balaban J connectivity index is 1.78. The zero-order valence-electron chi connectivity index (χ0n) is 11.9. The number of anilines is 1. The smallest absolute Gasteiger partial charge is 0.227 e. The van der Waals surface area contributed by atoms with Gasteiger partial charge in [-0.15, -0.1) is 0 Å². The Labute approximate surface area is 123 Å². The van der Waals surface area contributed by atoms with E-state index in [4.69, 9.17) is 4.42 Å². The highest BCUT2D eigenvalue weighted by Gasteiger charge is 2.26. The van der Waals surface area contributed by atoms with E-state index in [0.717, 1.165) is 22.4 Å². The molecule has 1 aromatic heterocycles. The third kappa shape index (κ3) is 2.28. The first-order valence-corrected chi connectivity index (χ1v) is 7.28. The second-order valence-electron chi connectivity index (χ2n) is 5.44. The monoisotopic (exact) mass is 279 g/mol. The van der Waals surface area contributed by atoms with E-state index in [-0.39, 0.29) is 0 Å². The molecule has 3 aromatic rings. The van der Waals surface area contributed by atoms with E-state index in [0.29, 0.717) is 11.8 Å². The molecule has 0 radical (unpaired) electrons. The van der Waals surface area contributed by atoms with Crippen molar-refractivity contribution in [1.29, 1.82) is 0 Å². The number of para-hydroxylation sites is 2. The summed E-state index contributed by atoms with van der Waals surface area (Å²) in [6, 6.07) is 14.2. The number of rotatable bonds is 4. The predicted molar refractivity (Wildman–Crippen MR) is 84.1 cm³/mol. The molecule has 21 heavy (non-hydrogen) atoms. The van der Waals surface area contributed by atoms with Crippen molar-refractivity contribution in [1.82, 2.24) is 10.4 Å². The van der Waals surface area contributed by atoms with Crippen LogP contribution in [0.1, 0.15) is 24.3 Å². The standard InChI is InChI=1S/C17H17N3O/c1-18-20-15-10-12(8-9-13(15)11-6-7-11)17-19-14-4-2-3-5-16(14)21-17/h2-5,8-11,18,20H,6-7H2,1H3. The Bertz CT molecular complexity index is 757. The predicted octanol–water partition coefficient (Wildman–Crippen LogP) is 3.92.